The van der Waals surface area contributed by atoms with E-state index < -0.39 is 11.8 Å². The Labute approximate surface area is 133 Å². The van der Waals surface area contributed by atoms with E-state index in [1.54, 1.807) is 30.3 Å². The summed E-state index contributed by atoms with van der Waals surface area (Å²) in [6.45, 7) is -0.124. The van der Waals surface area contributed by atoms with Crippen molar-refractivity contribution in [2.24, 2.45) is 0 Å². The van der Waals surface area contributed by atoms with Crippen LogP contribution in [0.1, 0.15) is 15.9 Å². The summed E-state index contributed by atoms with van der Waals surface area (Å²) in [5.74, 6) is -0.510. The number of carbonyl (C=O) groups is 1. The van der Waals surface area contributed by atoms with Crippen molar-refractivity contribution in [1.29, 1.82) is 0 Å². The van der Waals surface area contributed by atoms with Crippen molar-refractivity contribution in [2.45, 2.75) is 6.61 Å². The predicted molar refractivity (Wildman–Crippen MR) is 86.0 cm³/mol. The number of ether oxygens (including phenoxy) is 2. The SMILES string of the molecule is COc1cc2ccccc2cc1C(=O)OCc1ccccc1F. The van der Waals surface area contributed by atoms with Crippen LogP contribution in [0.4, 0.5) is 4.39 Å². The molecule has 3 nitrogen and oxygen atoms in total. The van der Waals surface area contributed by atoms with E-state index in [0.717, 1.165) is 10.8 Å². The molecule has 0 N–H and O–H groups in total. The van der Waals surface area contributed by atoms with Gasteiger partial charge in [-0.15, -0.1) is 0 Å². The molecular formula is C19H15FO3. The second-order valence-corrected chi connectivity index (χ2v) is 5.07. The lowest BCUT2D eigenvalue weighted by Gasteiger charge is -2.11. The van der Waals surface area contributed by atoms with E-state index in [9.17, 15) is 9.18 Å². The summed E-state index contributed by atoms with van der Waals surface area (Å²) < 4.78 is 24.1. The second-order valence-electron chi connectivity index (χ2n) is 5.07. The highest BCUT2D eigenvalue weighted by atomic mass is 19.1. The molecule has 3 aromatic rings. The summed E-state index contributed by atoms with van der Waals surface area (Å²) in [6, 6.07) is 17.4. The summed E-state index contributed by atoms with van der Waals surface area (Å²) in [6.07, 6.45) is 0. The Morgan fingerprint density at radius 2 is 1.65 bits per heavy atom. The molecule has 116 valence electrons. The molecule has 0 unspecified atom stereocenters. The van der Waals surface area contributed by atoms with Crippen molar-refractivity contribution in [3.8, 4) is 5.75 Å². The van der Waals surface area contributed by atoms with Gasteiger partial charge in [0.2, 0.25) is 0 Å². The summed E-state index contributed by atoms with van der Waals surface area (Å²) in [7, 11) is 1.50. The Hall–Kier alpha value is -2.88. The highest BCUT2D eigenvalue weighted by Crippen LogP contribution is 2.26. The smallest absolute Gasteiger partial charge is 0.342 e. The molecule has 0 aliphatic heterocycles. The van der Waals surface area contributed by atoms with Gasteiger partial charge in [-0.25, -0.2) is 9.18 Å². The summed E-state index contributed by atoms with van der Waals surface area (Å²) in [5.41, 5.74) is 0.656. The van der Waals surface area contributed by atoms with Crippen molar-refractivity contribution < 1.29 is 18.7 Å². The average Bonchev–Trinajstić information content (AvgIpc) is 2.59. The molecule has 0 saturated heterocycles. The van der Waals surface area contributed by atoms with E-state index >= 15 is 0 Å². The molecule has 0 heterocycles. The van der Waals surface area contributed by atoms with Crippen molar-refractivity contribution >= 4 is 16.7 Å². The molecule has 0 saturated carbocycles. The maximum atomic E-state index is 13.6. The Morgan fingerprint density at radius 1 is 1.00 bits per heavy atom. The molecule has 0 radical (unpaired) electrons. The molecule has 0 fully saturated rings. The zero-order valence-corrected chi connectivity index (χ0v) is 12.6. The van der Waals surface area contributed by atoms with Gasteiger partial charge in [-0.1, -0.05) is 42.5 Å². The van der Waals surface area contributed by atoms with Crippen LogP contribution < -0.4 is 4.74 Å². The van der Waals surface area contributed by atoms with Crippen LogP contribution in [0.25, 0.3) is 10.8 Å². The van der Waals surface area contributed by atoms with E-state index in [-0.39, 0.29) is 6.61 Å². The van der Waals surface area contributed by atoms with Crippen LogP contribution in [-0.4, -0.2) is 13.1 Å². The normalized spacial score (nSPS) is 10.5. The van der Waals surface area contributed by atoms with Gasteiger partial charge in [0.1, 0.15) is 23.7 Å². The summed E-state index contributed by atoms with van der Waals surface area (Å²) >= 11 is 0. The van der Waals surface area contributed by atoms with Gasteiger partial charge in [-0.2, -0.15) is 0 Å². The van der Waals surface area contributed by atoms with Crippen LogP contribution in [0.2, 0.25) is 0 Å². The molecular weight excluding hydrogens is 295 g/mol. The Kier molecular flexibility index (Phi) is 4.24. The molecule has 0 bridgehead atoms. The minimum absolute atomic E-state index is 0.124. The van der Waals surface area contributed by atoms with Crippen molar-refractivity contribution in [2.75, 3.05) is 7.11 Å². The van der Waals surface area contributed by atoms with E-state index in [1.807, 2.05) is 24.3 Å². The largest absolute Gasteiger partial charge is 0.496 e. The first-order chi connectivity index (χ1) is 11.2. The van der Waals surface area contributed by atoms with E-state index in [0.29, 0.717) is 16.9 Å². The van der Waals surface area contributed by atoms with Crippen LogP contribution in [0.3, 0.4) is 0 Å². The van der Waals surface area contributed by atoms with Crippen LogP contribution >= 0.6 is 0 Å². The maximum absolute atomic E-state index is 13.6. The fraction of sp³-hybridized carbons (Fsp3) is 0.105. The minimum Gasteiger partial charge on any atom is -0.496 e. The molecule has 3 rings (SSSR count). The van der Waals surface area contributed by atoms with E-state index in [2.05, 4.69) is 0 Å². The number of hydrogen-bond donors (Lipinski definition) is 0. The van der Waals surface area contributed by atoms with Gasteiger partial charge in [0, 0.05) is 5.56 Å². The average molecular weight is 310 g/mol. The number of esters is 1. The topological polar surface area (TPSA) is 35.5 Å². The van der Waals surface area contributed by atoms with Crippen LogP contribution in [0, 0.1) is 5.82 Å². The number of carbonyl (C=O) groups excluding carboxylic acids is 1. The van der Waals surface area contributed by atoms with Crippen molar-refractivity contribution in [3.63, 3.8) is 0 Å². The first-order valence-electron chi connectivity index (χ1n) is 7.16. The van der Waals surface area contributed by atoms with E-state index in [1.165, 1.54) is 13.2 Å². The lowest BCUT2D eigenvalue weighted by atomic mass is 10.1. The molecule has 3 aromatic carbocycles. The summed E-state index contributed by atoms with van der Waals surface area (Å²) in [5, 5.41) is 1.88. The minimum atomic E-state index is -0.546. The van der Waals surface area contributed by atoms with Gasteiger partial charge in [-0.05, 0) is 29.0 Å². The third-order valence-electron chi connectivity index (χ3n) is 3.60. The van der Waals surface area contributed by atoms with Gasteiger partial charge in [0.05, 0.1) is 7.11 Å². The number of benzene rings is 3. The third kappa shape index (κ3) is 3.16. The van der Waals surface area contributed by atoms with Crippen LogP contribution in [-0.2, 0) is 11.3 Å². The zero-order chi connectivity index (χ0) is 16.2. The predicted octanol–water partition coefficient (Wildman–Crippen LogP) is 4.34. The highest BCUT2D eigenvalue weighted by molar-refractivity contribution is 5.98. The monoisotopic (exact) mass is 310 g/mol. The molecule has 0 aliphatic rings. The van der Waals surface area contributed by atoms with Gasteiger partial charge in [-0.3, -0.25) is 0 Å². The van der Waals surface area contributed by atoms with E-state index in [4.69, 9.17) is 9.47 Å². The number of fused-ring (bicyclic) bond motifs is 1. The molecule has 0 aliphatic carbocycles. The van der Waals surface area contributed by atoms with Crippen LogP contribution in [0.5, 0.6) is 5.75 Å². The first kappa shape index (κ1) is 15.0. The fourth-order valence-corrected chi connectivity index (χ4v) is 2.38. The Morgan fingerprint density at radius 3 is 2.35 bits per heavy atom. The molecule has 0 spiro atoms. The third-order valence-corrected chi connectivity index (χ3v) is 3.60. The Balaban J connectivity index is 1.86. The standard InChI is InChI=1S/C19H15FO3/c1-22-18-11-14-7-3-2-6-13(14)10-16(18)19(21)23-12-15-8-4-5-9-17(15)20/h2-11H,12H2,1H3. The van der Waals surface area contributed by atoms with Gasteiger partial charge in [0.25, 0.3) is 0 Å². The molecule has 0 aromatic heterocycles. The lowest BCUT2D eigenvalue weighted by molar-refractivity contribution is 0.0465. The van der Waals surface area contributed by atoms with Gasteiger partial charge >= 0.3 is 5.97 Å². The van der Waals surface area contributed by atoms with Crippen molar-refractivity contribution in [1.82, 2.24) is 0 Å². The van der Waals surface area contributed by atoms with Gasteiger partial charge < -0.3 is 9.47 Å². The first-order valence-corrected chi connectivity index (χ1v) is 7.16. The van der Waals surface area contributed by atoms with Gasteiger partial charge in [0.15, 0.2) is 0 Å². The molecule has 0 atom stereocenters. The van der Waals surface area contributed by atoms with Crippen LogP contribution in [0.15, 0.2) is 60.7 Å². The quantitative estimate of drug-likeness (QED) is 0.672. The number of rotatable bonds is 4. The Bertz CT molecular complexity index is 858. The maximum Gasteiger partial charge on any atom is 0.342 e. The molecule has 0 amide bonds. The number of methoxy groups -OCH3 is 1. The lowest BCUT2D eigenvalue weighted by Crippen LogP contribution is -2.08. The second kappa shape index (κ2) is 6.48. The van der Waals surface area contributed by atoms with Crippen molar-refractivity contribution in [3.05, 3.63) is 77.6 Å². The summed E-state index contributed by atoms with van der Waals surface area (Å²) in [4.78, 5) is 12.3. The zero-order valence-electron chi connectivity index (χ0n) is 12.6. The highest BCUT2D eigenvalue weighted by Gasteiger charge is 2.16. The molecule has 4 heteroatoms. The number of halogens is 1. The fourth-order valence-electron chi connectivity index (χ4n) is 2.38. The molecule has 23 heavy (non-hydrogen) atoms. The number of hydrogen-bond acceptors (Lipinski definition) is 3.